The Hall–Kier alpha value is -1.43. The fraction of sp³-hybridized carbons (Fsp3) is 0.667. The maximum atomic E-state index is 12.7. The molecule has 0 spiro atoms. The number of benzene rings is 1. The van der Waals surface area contributed by atoms with Crippen molar-refractivity contribution >= 4 is 11.6 Å². The van der Waals surface area contributed by atoms with Crippen LogP contribution in [0.25, 0.3) is 0 Å². The molecule has 26 heavy (non-hydrogen) atoms. The molecular weight excluding hydrogens is 324 g/mol. The Balaban J connectivity index is 1.27. The second-order valence-corrected chi connectivity index (χ2v) is 8.74. The Bertz CT molecular complexity index is 678. The van der Waals surface area contributed by atoms with Crippen LogP contribution >= 0.6 is 0 Å². The smallest absolute Gasteiger partial charge is 0.247 e. The van der Waals surface area contributed by atoms with Gasteiger partial charge in [0.25, 0.3) is 0 Å². The fourth-order valence-corrected chi connectivity index (χ4v) is 5.21. The highest BCUT2D eigenvalue weighted by Crippen LogP contribution is 2.51. The molecule has 3 saturated heterocycles. The quantitative estimate of drug-likeness (QED) is 0.878. The van der Waals surface area contributed by atoms with Gasteiger partial charge in [-0.25, -0.2) is 0 Å². The molecule has 1 aliphatic carbocycles. The number of carbonyl (C=O) groups is 1. The molecule has 1 aromatic carbocycles. The Labute approximate surface area is 156 Å². The fourth-order valence-electron chi connectivity index (χ4n) is 5.21. The second-order valence-electron chi connectivity index (χ2n) is 8.74. The maximum Gasteiger partial charge on any atom is 0.247 e. The molecule has 0 unspecified atom stereocenters. The summed E-state index contributed by atoms with van der Waals surface area (Å²) in [7, 11) is 0. The van der Waals surface area contributed by atoms with Gasteiger partial charge in [-0.15, -0.1) is 0 Å². The molecule has 5 heteroatoms. The topological polar surface area (TPSA) is 52.8 Å². The molecule has 0 aromatic heterocycles. The van der Waals surface area contributed by atoms with Crippen molar-refractivity contribution in [2.75, 3.05) is 37.7 Å². The number of likely N-dealkylation sites (tertiary alicyclic amines) is 1. The summed E-state index contributed by atoms with van der Waals surface area (Å²) in [6.45, 7) is 5.43. The minimum absolute atomic E-state index is 0.00732. The Morgan fingerprint density at radius 2 is 1.81 bits per heavy atom. The van der Waals surface area contributed by atoms with Crippen molar-refractivity contribution in [1.29, 1.82) is 0 Å². The molecular formula is C21H30N4O. The van der Waals surface area contributed by atoms with Gasteiger partial charge >= 0.3 is 0 Å². The average molecular weight is 354 g/mol. The van der Waals surface area contributed by atoms with Gasteiger partial charge in [0, 0.05) is 18.3 Å². The van der Waals surface area contributed by atoms with E-state index in [-0.39, 0.29) is 18.0 Å². The number of hydrogen-bond acceptors (Lipinski definition) is 4. The normalized spacial score (nSPS) is 31.0. The van der Waals surface area contributed by atoms with Gasteiger partial charge in [-0.3, -0.25) is 14.6 Å². The molecule has 2 N–H and O–H groups in total. The second kappa shape index (κ2) is 6.32. The van der Waals surface area contributed by atoms with Crippen molar-refractivity contribution in [3.05, 3.63) is 29.8 Å². The molecule has 2 atom stereocenters. The number of fused-ring (bicyclic) bond motifs is 1. The summed E-state index contributed by atoms with van der Waals surface area (Å²) in [6.07, 6.45) is 7.57. The molecule has 140 valence electrons. The predicted octanol–water partition coefficient (Wildman–Crippen LogP) is 1.91. The molecule has 0 bridgehead atoms. The van der Waals surface area contributed by atoms with E-state index >= 15 is 0 Å². The van der Waals surface area contributed by atoms with Crippen LogP contribution in [0.3, 0.4) is 0 Å². The third-order valence-corrected chi connectivity index (χ3v) is 7.14. The Morgan fingerprint density at radius 3 is 2.46 bits per heavy atom. The summed E-state index contributed by atoms with van der Waals surface area (Å²) < 4.78 is 0. The molecule has 1 saturated carbocycles. The first-order valence-corrected chi connectivity index (χ1v) is 10.3. The van der Waals surface area contributed by atoms with Crippen LogP contribution < -0.4 is 10.6 Å². The molecule has 3 heterocycles. The van der Waals surface area contributed by atoms with E-state index in [1.807, 2.05) is 4.90 Å². The van der Waals surface area contributed by atoms with E-state index in [0.717, 1.165) is 18.7 Å². The highest BCUT2D eigenvalue weighted by Gasteiger charge is 2.47. The summed E-state index contributed by atoms with van der Waals surface area (Å²) in [5, 5.41) is 0. The van der Waals surface area contributed by atoms with Gasteiger partial charge in [-0.05, 0) is 81.3 Å². The molecule has 0 radical (unpaired) electrons. The van der Waals surface area contributed by atoms with Crippen molar-refractivity contribution in [2.45, 2.75) is 56.0 Å². The number of nitrogens with zero attached hydrogens (tertiary/aromatic N) is 3. The zero-order chi connectivity index (χ0) is 17.7. The predicted molar refractivity (Wildman–Crippen MR) is 103 cm³/mol. The summed E-state index contributed by atoms with van der Waals surface area (Å²) in [6, 6.07) is 8.72. The van der Waals surface area contributed by atoms with Crippen molar-refractivity contribution in [1.82, 2.24) is 9.80 Å². The SMILES string of the molecule is N[C@@H]1CCN2CN(c3ccc(C4(CCN5CCCC5)CC4)cc3)C(=O)[C@H]12. The molecule has 4 aliphatic rings. The lowest BCUT2D eigenvalue weighted by Gasteiger charge is -2.22. The lowest BCUT2D eigenvalue weighted by atomic mass is 9.92. The maximum absolute atomic E-state index is 12.7. The van der Waals surface area contributed by atoms with Gasteiger partial charge in [0.2, 0.25) is 5.91 Å². The van der Waals surface area contributed by atoms with E-state index in [0.29, 0.717) is 12.1 Å². The molecule has 1 amide bonds. The summed E-state index contributed by atoms with van der Waals surface area (Å²) in [4.78, 5) is 19.5. The van der Waals surface area contributed by atoms with E-state index in [9.17, 15) is 4.79 Å². The molecule has 5 rings (SSSR count). The number of carbonyl (C=O) groups excluding carboxylic acids is 1. The molecule has 3 aliphatic heterocycles. The number of anilines is 1. The third-order valence-electron chi connectivity index (χ3n) is 7.14. The minimum Gasteiger partial charge on any atom is -0.326 e. The lowest BCUT2D eigenvalue weighted by Crippen LogP contribution is -2.41. The number of rotatable bonds is 5. The monoisotopic (exact) mass is 354 g/mol. The van der Waals surface area contributed by atoms with Gasteiger partial charge in [-0.2, -0.15) is 0 Å². The van der Waals surface area contributed by atoms with Crippen LogP contribution in [0.1, 0.15) is 44.1 Å². The van der Waals surface area contributed by atoms with Gasteiger partial charge < -0.3 is 10.6 Å². The lowest BCUT2D eigenvalue weighted by molar-refractivity contribution is -0.119. The van der Waals surface area contributed by atoms with Crippen molar-refractivity contribution < 1.29 is 4.79 Å². The van der Waals surface area contributed by atoms with E-state index < -0.39 is 0 Å². The van der Waals surface area contributed by atoms with E-state index in [1.54, 1.807) is 0 Å². The zero-order valence-corrected chi connectivity index (χ0v) is 15.6. The van der Waals surface area contributed by atoms with Crippen LogP contribution in [-0.2, 0) is 10.2 Å². The number of nitrogens with two attached hydrogens (primary N) is 1. The Kier molecular flexibility index (Phi) is 4.07. The van der Waals surface area contributed by atoms with Crippen LogP contribution in [0.5, 0.6) is 0 Å². The largest absolute Gasteiger partial charge is 0.326 e. The first kappa shape index (κ1) is 16.7. The molecule has 5 nitrogen and oxygen atoms in total. The highest BCUT2D eigenvalue weighted by molar-refractivity contribution is 6.00. The van der Waals surface area contributed by atoms with Gasteiger partial charge in [0.15, 0.2) is 0 Å². The van der Waals surface area contributed by atoms with Crippen molar-refractivity contribution in [3.63, 3.8) is 0 Å². The van der Waals surface area contributed by atoms with Crippen molar-refractivity contribution in [2.24, 2.45) is 5.73 Å². The first-order chi connectivity index (χ1) is 12.7. The van der Waals surface area contributed by atoms with Crippen LogP contribution in [0.4, 0.5) is 5.69 Å². The van der Waals surface area contributed by atoms with Gasteiger partial charge in [0.05, 0.1) is 6.67 Å². The van der Waals surface area contributed by atoms with Crippen LogP contribution in [0.2, 0.25) is 0 Å². The number of hydrogen-bond donors (Lipinski definition) is 1. The minimum atomic E-state index is -0.107. The number of amides is 1. The van der Waals surface area contributed by atoms with Gasteiger partial charge in [-0.1, -0.05) is 12.1 Å². The summed E-state index contributed by atoms with van der Waals surface area (Å²) >= 11 is 0. The third kappa shape index (κ3) is 2.77. The summed E-state index contributed by atoms with van der Waals surface area (Å²) in [5.74, 6) is 0.179. The van der Waals surface area contributed by atoms with Crippen LogP contribution in [0, 0.1) is 0 Å². The van der Waals surface area contributed by atoms with Gasteiger partial charge in [0.1, 0.15) is 6.04 Å². The van der Waals surface area contributed by atoms with Crippen LogP contribution in [-0.4, -0.2) is 60.6 Å². The van der Waals surface area contributed by atoms with E-state index in [4.69, 9.17) is 5.73 Å². The average Bonchev–Trinajstić information content (AvgIpc) is 2.97. The van der Waals surface area contributed by atoms with E-state index in [2.05, 4.69) is 34.1 Å². The van der Waals surface area contributed by atoms with Crippen LogP contribution in [0.15, 0.2) is 24.3 Å². The molecule has 1 aromatic rings. The zero-order valence-electron chi connectivity index (χ0n) is 15.6. The Morgan fingerprint density at radius 1 is 1.08 bits per heavy atom. The molecule has 4 fully saturated rings. The standard InChI is InChI=1S/C21H30N4O/c22-18-7-13-24-15-25(20(26)19(18)24)17-5-3-16(4-6-17)21(8-9-21)10-14-23-11-1-2-12-23/h3-6,18-19H,1-2,7-15,22H2/t18-,19+/m1/s1. The highest BCUT2D eigenvalue weighted by atomic mass is 16.2. The van der Waals surface area contributed by atoms with Crippen molar-refractivity contribution in [3.8, 4) is 0 Å². The summed E-state index contributed by atoms with van der Waals surface area (Å²) in [5.41, 5.74) is 9.02. The van der Waals surface area contributed by atoms with E-state index in [1.165, 1.54) is 57.3 Å². The first-order valence-electron chi connectivity index (χ1n) is 10.3.